The van der Waals surface area contributed by atoms with Gasteiger partial charge in [0.05, 0.1) is 25.9 Å². The molecule has 0 aliphatic carbocycles. The van der Waals surface area contributed by atoms with Crippen molar-refractivity contribution in [2.75, 3.05) is 37.5 Å². The van der Waals surface area contributed by atoms with Crippen LogP contribution in [-0.4, -0.2) is 36.8 Å². The van der Waals surface area contributed by atoms with E-state index in [-0.39, 0.29) is 0 Å². The minimum atomic E-state index is 0.486. The summed E-state index contributed by atoms with van der Waals surface area (Å²) in [6.07, 6.45) is 0. The lowest BCUT2D eigenvalue weighted by molar-refractivity contribution is 0.331. The number of anilines is 3. The molecule has 0 saturated carbocycles. The van der Waals surface area contributed by atoms with Gasteiger partial charge in [-0.25, -0.2) is 4.98 Å². The molecule has 3 aromatic rings. The summed E-state index contributed by atoms with van der Waals surface area (Å²) in [6, 6.07) is 17.1. The van der Waals surface area contributed by atoms with Crippen LogP contribution in [0.3, 0.4) is 0 Å². The zero-order valence-corrected chi connectivity index (χ0v) is 16.9. The molecule has 0 radical (unpaired) electrons. The monoisotopic (exact) mass is 394 g/mol. The lowest BCUT2D eigenvalue weighted by atomic mass is 10.3. The molecule has 0 fully saturated rings. The normalized spacial score (nSPS) is 10.3. The van der Waals surface area contributed by atoms with Crippen LogP contribution < -0.4 is 24.8 Å². The van der Waals surface area contributed by atoms with E-state index in [1.165, 1.54) is 0 Å². The molecule has 152 valence electrons. The highest BCUT2D eigenvalue weighted by molar-refractivity contribution is 5.64. The van der Waals surface area contributed by atoms with Crippen LogP contribution in [0, 0.1) is 6.92 Å². The third kappa shape index (κ3) is 6.00. The average molecular weight is 394 g/mol. The number of ether oxygens (including phenoxy) is 3. The Labute approximate surface area is 171 Å². The second-order valence-corrected chi connectivity index (χ2v) is 6.22. The number of hydrogen-bond donors (Lipinski definition) is 2. The Kier molecular flexibility index (Phi) is 7.10. The molecule has 7 nitrogen and oxygen atoms in total. The molecule has 1 heterocycles. The molecule has 0 unspecified atom stereocenters. The molecule has 0 aliphatic rings. The maximum Gasteiger partial charge on any atom is 0.224 e. The van der Waals surface area contributed by atoms with E-state index < -0.39 is 0 Å². The number of methoxy groups -OCH3 is 1. The fourth-order valence-electron chi connectivity index (χ4n) is 2.70. The first-order valence-corrected chi connectivity index (χ1v) is 9.53. The van der Waals surface area contributed by atoms with Gasteiger partial charge in [-0.1, -0.05) is 12.1 Å². The van der Waals surface area contributed by atoms with Gasteiger partial charge in [0.15, 0.2) is 0 Å². The van der Waals surface area contributed by atoms with E-state index in [2.05, 4.69) is 20.6 Å². The van der Waals surface area contributed by atoms with Crippen LogP contribution in [0.15, 0.2) is 54.6 Å². The number of rotatable bonds is 10. The van der Waals surface area contributed by atoms with Gasteiger partial charge in [0.2, 0.25) is 5.95 Å². The molecule has 0 amide bonds. The van der Waals surface area contributed by atoms with Gasteiger partial charge in [-0.05, 0) is 50.2 Å². The largest absolute Gasteiger partial charge is 0.497 e. The molecule has 0 aliphatic heterocycles. The molecule has 0 saturated heterocycles. The number of aryl methyl sites for hydroxylation is 1. The van der Waals surface area contributed by atoms with Crippen LogP contribution in [0.1, 0.15) is 12.6 Å². The summed E-state index contributed by atoms with van der Waals surface area (Å²) in [5.74, 6) is 3.61. The first-order valence-electron chi connectivity index (χ1n) is 9.53. The smallest absolute Gasteiger partial charge is 0.224 e. The van der Waals surface area contributed by atoms with Crippen molar-refractivity contribution in [2.24, 2.45) is 0 Å². The van der Waals surface area contributed by atoms with Gasteiger partial charge in [-0.2, -0.15) is 4.98 Å². The maximum atomic E-state index is 5.72. The summed E-state index contributed by atoms with van der Waals surface area (Å²) in [5, 5.41) is 6.51. The first-order chi connectivity index (χ1) is 14.2. The van der Waals surface area contributed by atoms with Crippen molar-refractivity contribution in [1.29, 1.82) is 0 Å². The van der Waals surface area contributed by atoms with E-state index in [0.717, 1.165) is 28.6 Å². The lowest BCUT2D eigenvalue weighted by Crippen LogP contribution is -2.14. The first kappa shape index (κ1) is 20.3. The quantitative estimate of drug-likeness (QED) is 0.493. The van der Waals surface area contributed by atoms with E-state index in [9.17, 15) is 0 Å². The summed E-state index contributed by atoms with van der Waals surface area (Å²) in [4.78, 5) is 8.97. The zero-order valence-electron chi connectivity index (χ0n) is 16.9. The molecule has 1 aromatic heterocycles. The SMILES string of the molecule is CCOc1ccccc1Nc1cc(C)nc(NCCOc2ccc(OC)cc2)n1. The van der Waals surface area contributed by atoms with Crippen molar-refractivity contribution >= 4 is 17.5 Å². The predicted molar refractivity (Wildman–Crippen MR) is 115 cm³/mol. The second kappa shape index (κ2) is 10.2. The van der Waals surface area contributed by atoms with E-state index in [0.29, 0.717) is 31.5 Å². The Balaban J connectivity index is 1.57. The molecule has 7 heteroatoms. The number of hydrogen-bond acceptors (Lipinski definition) is 7. The van der Waals surface area contributed by atoms with Gasteiger partial charge in [-0.15, -0.1) is 0 Å². The minimum Gasteiger partial charge on any atom is -0.497 e. The van der Waals surface area contributed by atoms with Gasteiger partial charge >= 0.3 is 0 Å². The Morgan fingerprint density at radius 1 is 0.931 bits per heavy atom. The third-order valence-corrected chi connectivity index (χ3v) is 4.02. The highest BCUT2D eigenvalue weighted by Gasteiger charge is 2.06. The van der Waals surface area contributed by atoms with Crippen LogP contribution in [-0.2, 0) is 0 Å². The van der Waals surface area contributed by atoms with Crippen LogP contribution in [0.2, 0.25) is 0 Å². The number of nitrogens with one attached hydrogen (secondary N) is 2. The Hall–Kier alpha value is -3.48. The van der Waals surface area contributed by atoms with Crippen molar-refractivity contribution in [2.45, 2.75) is 13.8 Å². The van der Waals surface area contributed by atoms with Gasteiger partial charge in [0.1, 0.15) is 29.7 Å². The van der Waals surface area contributed by atoms with Crippen molar-refractivity contribution < 1.29 is 14.2 Å². The van der Waals surface area contributed by atoms with Gasteiger partial charge in [0, 0.05) is 11.8 Å². The molecular formula is C22H26N4O3. The Bertz CT molecular complexity index is 916. The van der Waals surface area contributed by atoms with E-state index in [4.69, 9.17) is 14.2 Å². The zero-order chi connectivity index (χ0) is 20.5. The number of benzene rings is 2. The van der Waals surface area contributed by atoms with Crippen molar-refractivity contribution in [3.63, 3.8) is 0 Å². The van der Waals surface area contributed by atoms with Crippen molar-refractivity contribution in [3.8, 4) is 17.2 Å². The number of para-hydroxylation sites is 2. The summed E-state index contributed by atoms with van der Waals surface area (Å²) in [6.45, 7) is 5.55. The van der Waals surface area contributed by atoms with Gasteiger partial charge < -0.3 is 24.8 Å². The standard InChI is InChI=1S/C22H26N4O3/c1-4-28-20-8-6-5-7-19(20)25-21-15-16(2)24-22(26-21)23-13-14-29-18-11-9-17(27-3)10-12-18/h5-12,15H,4,13-14H2,1-3H3,(H2,23,24,25,26). The molecule has 2 aromatic carbocycles. The van der Waals surface area contributed by atoms with Gasteiger partial charge in [-0.3, -0.25) is 0 Å². The van der Waals surface area contributed by atoms with Crippen LogP contribution in [0.4, 0.5) is 17.5 Å². The third-order valence-electron chi connectivity index (χ3n) is 4.02. The predicted octanol–water partition coefficient (Wildman–Crippen LogP) is 4.43. The average Bonchev–Trinajstić information content (AvgIpc) is 2.73. The fraction of sp³-hybridized carbons (Fsp3) is 0.273. The molecule has 2 N–H and O–H groups in total. The number of nitrogens with zero attached hydrogens (tertiary/aromatic N) is 2. The molecule has 0 atom stereocenters. The van der Waals surface area contributed by atoms with E-state index in [1.807, 2.05) is 68.4 Å². The molecule has 0 spiro atoms. The summed E-state index contributed by atoms with van der Waals surface area (Å²) >= 11 is 0. The summed E-state index contributed by atoms with van der Waals surface area (Å²) < 4.78 is 16.5. The van der Waals surface area contributed by atoms with Crippen LogP contribution >= 0.6 is 0 Å². The highest BCUT2D eigenvalue weighted by Crippen LogP contribution is 2.27. The highest BCUT2D eigenvalue weighted by atomic mass is 16.5. The topological polar surface area (TPSA) is 77.5 Å². The van der Waals surface area contributed by atoms with Crippen LogP contribution in [0.5, 0.6) is 17.2 Å². The lowest BCUT2D eigenvalue weighted by Gasteiger charge is -2.13. The molecular weight excluding hydrogens is 368 g/mol. The van der Waals surface area contributed by atoms with Crippen LogP contribution in [0.25, 0.3) is 0 Å². The minimum absolute atomic E-state index is 0.486. The number of aromatic nitrogens is 2. The van der Waals surface area contributed by atoms with Gasteiger partial charge in [0.25, 0.3) is 0 Å². The van der Waals surface area contributed by atoms with E-state index >= 15 is 0 Å². The molecule has 0 bridgehead atoms. The second-order valence-electron chi connectivity index (χ2n) is 6.22. The summed E-state index contributed by atoms with van der Waals surface area (Å²) in [7, 11) is 1.64. The Morgan fingerprint density at radius 2 is 1.69 bits per heavy atom. The Morgan fingerprint density at radius 3 is 2.45 bits per heavy atom. The molecule has 29 heavy (non-hydrogen) atoms. The van der Waals surface area contributed by atoms with E-state index in [1.54, 1.807) is 7.11 Å². The van der Waals surface area contributed by atoms with Crippen molar-refractivity contribution in [3.05, 3.63) is 60.3 Å². The van der Waals surface area contributed by atoms with Crippen molar-refractivity contribution in [1.82, 2.24) is 9.97 Å². The molecule has 3 rings (SSSR count). The fourth-order valence-corrected chi connectivity index (χ4v) is 2.70. The summed E-state index contributed by atoms with van der Waals surface area (Å²) in [5.41, 5.74) is 1.72. The maximum absolute atomic E-state index is 5.72.